The van der Waals surface area contributed by atoms with Gasteiger partial charge in [0.1, 0.15) is 5.75 Å². The summed E-state index contributed by atoms with van der Waals surface area (Å²) < 4.78 is 5.33. The molecule has 3 heteroatoms. The van der Waals surface area contributed by atoms with Gasteiger partial charge in [-0.25, -0.2) is 0 Å². The Morgan fingerprint density at radius 2 is 2.25 bits per heavy atom. The lowest BCUT2D eigenvalue weighted by Crippen LogP contribution is -1.90. The number of methoxy groups -OCH3 is 1. The molecular weight excluding hydrogens is 202 g/mol. The summed E-state index contributed by atoms with van der Waals surface area (Å²) in [6.07, 6.45) is 1.45. The Morgan fingerprint density at radius 1 is 1.44 bits per heavy atom. The molecule has 2 N–H and O–H groups in total. The van der Waals surface area contributed by atoms with Crippen molar-refractivity contribution in [2.45, 2.75) is 25.9 Å². The van der Waals surface area contributed by atoms with Gasteiger partial charge in [-0.1, -0.05) is 0 Å². The normalized spacial score (nSPS) is 19.1. The van der Waals surface area contributed by atoms with Crippen LogP contribution in [0.3, 0.4) is 0 Å². The van der Waals surface area contributed by atoms with Crippen molar-refractivity contribution in [3.63, 3.8) is 0 Å². The van der Waals surface area contributed by atoms with Crippen LogP contribution in [0.25, 0.3) is 10.9 Å². The molecule has 1 unspecified atom stereocenters. The van der Waals surface area contributed by atoms with E-state index in [2.05, 4.69) is 17.1 Å². The number of aliphatic hydroxyl groups is 1. The lowest BCUT2D eigenvalue weighted by atomic mass is 10.1. The maximum atomic E-state index is 9.82. The molecule has 0 radical (unpaired) electrons. The highest BCUT2D eigenvalue weighted by molar-refractivity contribution is 5.87. The van der Waals surface area contributed by atoms with Crippen molar-refractivity contribution in [2.75, 3.05) is 7.11 Å². The highest BCUT2D eigenvalue weighted by Crippen LogP contribution is 2.38. The van der Waals surface area contributed by atoms with Crippen molar-refractivity contribution in [1.29, 1.82) is 0 Å². The van der Waals surface area contributed by atoms with E-state index in [1.54, 1.807) is 7.11 Å². The summed E-state index contributed by atoms with van der Waals surface area (Å²) in [6.45, 7) is 2.03. The first-order valence-electron chi connectivity index (χ1n) is 5.58. The van der Waals surface area contributed by atoms with E-state index in [0.29, 0.717) is 0 Å². The second-order valence-corrected chi connectivity index (χ2v) is 4.44. The number of hydrogen-bond donors (Lipinski definition) is 2. The highest BCUT2D eigenvalue weighted by Gasteiger charge is 2.25. The minimum Gasteiger partial charge on any atom is -0.496 e. The van der Waals surface area contributed by atoms with Crippen LogP contribution in [0.4, 0.5) is 0 Å². The van der Waals surface area contributed by atoms with Crippen molar-refractivity contribution in [2.24, 2.45) is 0 Å². The van der Waals surface area contributed by atoms with Gasteiger partial charge >= 0.3 is 0 Å². The zero-order valence-corrected chi connectivity index (χ0v) is 9.50. The Balaban J connectivity index is 2.30. The minimum atomic E-state index is -0.325. The zero-order valence-electron chi connectivity index (χ0n) is 9.50. The van der Waals surface area contributed by atoms with Gasteiger partial charge in [-0.3, -0.25) is 0 Å². The first-order chi connectivity index (χ1) is 7.70. The van der Waals surface area contributed by atoms with Crippen molar-refractivity contribution in [1.82, 2.24) is 4.98 Å². The van der Waals surface area contributed by atoms with Gasteiger partial charge in [0.2, 0.25) is 0 Å². The second-order valence-electron chi connectivity index (χ2n) is 4.44. The van der Waals surface area contributed by atoms with Crippen LogP contribution in [-0.2, 0) is 6.42 Å². The number of aromatic amines is 1. The third-order valence-corrected chi connectivity index (χ3v) is 3.46. The molecule has 0 fully saturated rings. The molecule has 3 nitrogen and oxygen atoms in total. The maximum Gasteiger partial charge on any atom is 0.122 e. The molecule has 0 bridgehead atoms. The average Bonchev–Trinajstić information content (AvgIpc) is 2.78. The lowest BCUT2D eigenvalue weighted by molar-refractivity contribution is 0.176. The van der Waals surface area contributed by atoms with Crippen LogP contribution < -0.4 is 4.74 Å². The molecule has 2 aromatic rings. The fraction of sp³-hybridized carbons (Fsp3) is 0.385. The minimum absolute atomic E-state index is 0.325. The van der Waals surface area contributed by atoms with Gasteiger partial charge in [-0.15, -0.1) is 0 Å². The first-order valence-corrected chi connectivity index (χ1v) is 5.58. The quantitative estimate of drug-likeness (QED) is 0.770. The van der Waals surface area contributed by atoms with E-state index < -0.39 is 0 Å². The smallest absolute Gasteiger partial charge is 0.122 e. The number of aryl methyl sites for hydroxylation is 2. The van der Waals surface area contributed by atoms with Gasteiger partial charge < -0.3 is 14.8 Å². The van der Waals surface area contributed by atoms with Crippen molar-refractivity contribution in [3.8, 4) is 5.75 Å². The molecular formula is C13H15NO2. The van der Waals surface area contributed by atoms with Crippen molar-refractivity contribution in [3.05, 3.63) is 29.0 Å². The number of ether oxygens (including phenoxy) is 1. The van der Waals surface area contributed by atoms with E-state index >= 15 is 0 Å². The first kappa shape index (κ1) is 9.73. The molecule has 1 atom stereocenters. The highest BCUT2D eigenvalue weighted by atomic mass is 16.5. The molecule has 1 aliphatic rings. The third-order valence-electron chi connectivity index (χ3n) is 3.46. The summed E-state index contributed by atoms with van der Waals surface area (Å²) in [5, 5.41) is 11.0. The molecule has 1 heterocycles. The van der Waals surface area contributed by atoms with Crippen LogP contribution in [-0.4, -0.2) is 17.2 Å². The van der Waals surface area contributed by atoms with Crippen molar-refractivity contribution < 1.29 is 9.84 Å². The summed E-state index contributed by atoms with van der Waals surface area (Å²) in [5.41, 5.74) is 4.45. The van der Waals surface area contributed by atoms with E-state index in [4.69, 9.17) is 4.74 Å². The number of H-pyrrole nitrogens is 1. The largest absolute Gasteiger partial charge is 0.496 e. The van der Waals surface area contributed by atoms with Gasteiger partial charge in [-0.05, 0) is 43.0 Å². The molecule has 1 aromatic carbocycles. The number of benzene rings is 1. The molecule has 84 valence electrons. The molecule has 0 spiro atoms. The monoisotopic (exact) mass is 217 g/mol. The van der Waals surface area contributed by atoms with Gasteiger partial charge in [-0.2, -0.15) is 0 Å². The van der Waals surface area contributed by atoms with E-state index in [1.807, 2.05) is 6.92 Å². The summed E-state index contributed by atoms with van der Waals surface area (Å²) in [4.78, 5) is 3.31. The molecule has 0 saturated carbocycles. The van der Waals surface area contributed by atoms with Gasteiger partial charge in [0, 0.05) is 16.6 Å². The van der Waals surface area contributed by atoms with Gasteiger partial charge in [0.15, 0.2) is 0 Å². The van der Waals surface area contributed by atoms with Crippen LogP contribution in [0.2, 0.25) is 0 Å². The Kier molecular flexibility index (Phi) is 1.98. The SMILES string of the molecule is COc1cc2c3c([nH]c2cc1C)C(O)CC3. The van der Waals surface area contributed by atoms with Crippen LogP contribution in [0.15, 0.2) is 12.1 Å². The van der Waals surface area contributed by atoms with Gasteiger partial charge in [0.25, 0.3) is 0 Å². The zero-order chi connectivity index (χ0) is 11.3. The summed E-state index contributed by atoms with van der Waals surface area (Å²) >= 11 is 0. The molecule has 16 heavy (non-hydrogen) atoms. The number of aliphatic hydroxyl groups excluding tert-OH is 1. The van der Waals surface area contributed by atoms with E-state index in [-0.39, 0.29) is 6.10 Å². The second kappa shape index (κ2) is 3.25. The molecule has 1 aromatic heterocycles. The Morgan fingerprint density at radius 3 is 3.00 bits per heavy atom. The number of aromatic nitrogens is 1. The maximum absolute atomic E-state index is 9.82. The van der Waals surface area contributed by atoms with Crippen LogP contribution in [0.5, 0.6) is 5.75 Å². The fourth-order valence-corrected chi connectivity index (χ4v) is 2.61. The Labute approximate surface area is 94.0 Å². The Hall–Kier alpha value is -1.48. The lowest BCUT2D eigenvalue weighted by Gasteiger charge is -2.05. The summed E-state index contributed by atoms with van der Waals surface area (Å²) in [6, 6.07) is 4.15. The number of fused-ring (bicyclic) bond motifs is 3. The topological polar surface area (TPSA) is 45.2 Å². The van der Waals surface area contributed by atoms with Crippen LogP contribution >= 0.6 is 0 Å². The Bertz CT molecular complexity index is 557. The molecule has 3 rings (SSSR count). The van der Waals surface area contributed by atoms with E-state index in [0.717, 1.165) is 35.4 Å². The van der Waals surface area contributed by atoms with Crippen LogP contribution in [0.1, 0.15) is 29.3 Å². The summed E-state index contributed by atoms with van der Waals surface area (Å²) in [7, 11) is 1.69. The molecule has 0 amide bonds. The van der Waals surface area contributed by atoms with E-state index in [9.17, 15) is 5.11 Å². The van der Waals surface area contributed by atoms with Gasteiger partial charge in [0.05, 0.1) is 13.2 Å². The predicted octanol–water partition coefficient (Wildman–Crippen LogP) is 2.46. The average molecular weight is 217 g/mol. The van der Waals surface area contributed by atoms with E-state index in [1.165, 1.54) is 10.9 Å². The standard InChI is InChI=1S/C13H15NO2/c1-7-5-10-9(6-12(7)16-2)8-3-4-11(15)13(8)14-10/h5-6,11,14-15H,3-4H2,1-2H3. The third kappa shape index (κ3) is 1.18. The number of hydrogen-bond acceptors (Lipinski definition) is 2. The fourth-order valence-electron chi connectivity index (χ4n) is 2.61. The predicted molar refractivity (Wildman–Crippen MR) is 62.9 cm³/mol. The molecule has 0 saturated heterocycles. The number of nitrogens with one attached hydrogen (secondary N) is 1. The number of rotatable bonds is 1. The summed E-state index contributed by atoms with van der Waals surface area (Å²) in [5.74, 6) is 0.913. The van der Waals surface area contributed by atoms with Crippen molar-refractivity contribution >= 4 is 10.9 Å². The van der Waals surface area contributed by atoms with Crippen LogP contribution in [0, 0.1) is 6.92 Å². The molecule has 0 aliphatic heterocycles. The molecule has 1 aliphatic carbocycles.